The molecule has 1 atom stereocenters. The third-order valence-corrected chi connectivity index (χ3v) is 2.14. The summed E-state index contributed by atoms with van der Waals surface area (Å²) in [5.74, 6) is -0.707. The molecule has 0 radical (unpaired) electrons. The first-order chi connectivity index (χ1) is 7.97. The lowest BCUT2D eigenvalue weighted by molar-refractivity contribution is -0.384. The van der Waals surface area contributed by atoms with E-state index < -0.39 is 22.6 Å². The van der Waals surface area contributed by atoms with Crippen LogP contribution < -0.4 is 5.32 Å². The second-order valence-corrected chi connectivity index (χ2v) is 3.37. The van der Waals surface area contributed by atoms with Crippen LogP contribution in [0.2, 0.25) is 5.15 Å². The lowest BCUT2D eigenvalue weighted by atomic mass is 10.3. The van der Waals surface area contributed by atoms with Gasteiger partial charge in [0.2, 0.25) is 11.0 Å². The van der Waals surface area contributed by atoms with Gasteiger partial charge in [0.25, 0.3) is 0 Å². The van der Waals surface area contributed by atoms with E-state index in [9.17, 15) is 14.9 Å². The minimum absolute atomic E-state index is 0.132. The van der Waals surface area contributed by atoms with E-state index in [1.807, 2.05) is 0 Å². The van der Waals surface area contributed by atoms with Crippen LogP contribution in [0, 0.1) is 10.1 Å². The fourth-order valence-electron chi connectivity index (χ4n) is 1.07. The first-order valence-electron chi connectivity index (χ1n) is 4.46. The summed E-state index contributed by atoms with van der Waals surface area (Å²) >= 11 is 5.57. The molecule has 0 unspecified atom stereocenters. The van der Waals surface area contributed by atoms with Gasteiger partial charge in [-0.25, -0.2) is 14.8 Å². The van der Waals surface area contributed by atoms with Crippen molar-refractivity contribution in [1.29, 1.82) is 0 Å². The first-order valence-corrected chi connectivity index (χ1v) is 4.84. The third-order valence-electron chi connectivity index (χ3n) is 1.87. The Morgan fingerprint density at radius 1 is 1.65 bits per heavy atom. The Morgan fingerprint density at radius 2 is 2.29 bits per heavy atom. The maximum absolute atomic E-state index is 11.2. The zero-order valence-corrected chi connectivity index (χ0v) is 9.76. The van der Waals surface area contributed by atoms with E-state index in [4.69, 9.17) is 11.6 Å². The van der Waals surface area contributed by atoms with Gasteiger partial charge in [0.15, 0.2) is 0 Å². The minimum atomic E-state index is -0.787. The van der Waals surface area contributed by atoms with Crippen molar-refractivity contribution in [3.8, 4) is 0 Å². The summed E-state index contributed by atoms with van der Waals surface area (Å²) in [6.07, 6.45) is 1.06. The Balaban J connectivity index is 3.02. The Bertz CT molecular complexity index is 453. The highest BCUT2D eigenvalue weighted by Gasteiger charge is 2.24. The fourth-order valence-corrected chi connectivity index (χ4v) is 1.27. The molecule has 0 amide bonds. The molecule has 0 aliphatic carbocycles. The number of hydrogen-bond donors (Lipinski definition) is 1. The van der Waals surface area contributed by atoms with Crippen LogP contribution >= 0.6 is 11.6 Å². The number of methoxy groups -OCH3 is 1. The highest BCUT2D eigenvalue weighted by Crippen LogP contribution is 2.28. The van der Waals surface area contributed by atoms with E-state index in [-0.39, 0.29) is 11.0 Å². The van der Waals surface area contributed by atoms with E-state index in [0.717, 1.165) is 6.33 Å². The molecule has 0 fully saturated rings. The number of hydrogen-bond acceptors (Lipinski definition) is 7. The molecule has 1 rings (SSSR count). The van der Waals surface area contributed by atoms with E-state index in [1.165, 1.54) is 14.0 Å². The number of carbonyl (C=O) groups excluding carboxylic acids is 1. The molecule has 0 saturated heterocycles. The third kappa shape index (κ3) is 3.00. The molecule has 1 heterocycles. The molecule has 0 saturated carbocycles. The van der Waals surface area contributed by atoms with Crippen LogP contribution in [0.3, 0.4) is 0 Å². The van der Waals surface area contributed by atoms with Crippen LogP contribution in [-0.4, -0.2) is 34.0 Å². The van der Waals surface area contributed by atoms with Gasteiger partial charge in [0, 0.05) is 0 Å². The predicted octanol–water partition coefficient (Wildman–Crippen LogP) is 1.01. The van der Waals surface area contributed by atoms with E-state index in [0.29, 0.717) is 0 Å². The number of nitro groups is 1. The summed E-state index contributed by atoms with van der Waals surface area (Å²) in [6, 6.07) is -0.787. The van der Waals surface area contributed by atoms with Crippen LogP contribution in [0.4, 0.5) is 11.5 Å². The smallest absolute Gasteiger partial charge is 0.348 e. The molecule has 92 valence electrons. The average molecular weight is 261 g/mol. The molecular weight excluding hydrogens is 252 g/mol. The van der Waals surface area contributed by atoms with Crippen molar-refractivity contribution in [2.75, 3.05) is 12.4 Å². The number of anilines is 1. The number of rotatable bonds is 4. The van der Waals surface area contributed by atoms with Gasteiger partial charge < -0.3 is 10.1 Å². The summed E-state index contributed by atoms with van der Waals surface area (Å²) < 4.78 is 4.47. The molecule has 0 aromatic carbocycles. The number of halogens is 1. The zero-order valence-electron chi connectivity index (χ0n) is 9.01. The summed E-state index contributed by atoms with van der Waals surface area (Å²) in [7, 11) is 1.21. The summed E-state index contributed by atoms with van der Waals surface area (Å²) in [4.78, 5) is 28.3. The monoisotopic (exact) mass is 260 g/mol. The number of nitrogens with zero attached hydrogens (tertiary/aromatic N) is 3. The largest absolute Gasteiger partial charge is 0.467 e. The molecule has 0 bridgehead atoms. The van der Waals surface area contributed by atoms with Gasteiger partial charge >= 0.3 is 11.7 Å². The normalized spacial score (nSPS) is 11.7. The highest BCUT2D eigenvalue weighted by atomic mass is 35.5. The van der Waals surface area contributed by atoms with Crippen molar-refractivity contribution in [3.63, 3.8) is 0 Å². The van der Waals surface area contributed by atoms with Crippen molar-refractivity contribution in [3.05, 3.63) is 21.6 Å². The number of esters is 1. The van der Waals surface area contributed by atoms with Crippen molar-refractivity contribution < 1.29 is 14.5 Å². The Kier molecular flexibility index (Phi) is 4.16. The highest BCUT2D eigenvalue weighted by molar-refractivity contribution is 6.31. The maximum atomic E-state index is 11.2. The van der Waals surface area contributed by atoms with Crippen LogP contribution in [0.15, 0.2) is 6.33 Å². The molecule has 8 nitrogen and oxygen atoms in total. The predicted molar refractivity (Wildman–Crippen MR) is 58.8 cm³/mol. The minimum Gasteiger partial charge on any atom is -0.467 e. The SMILES string of the molecule is COC(=O)[C@@H](C)Nc1ncnc(Cl)c1[N+](=O)[O-]. The molecular formula is C8H9ClN4O4. The molecule has 0 aliphatic heterocycles. The molecule has 9 heteroatoms. The van der Waals surface area contributed by atoms with Gasteiger partial charge in [-0.15, -0.1) is 0 Å². The van der Waals surface area contributed by atoms with Crippen LogP contribution in [0.5, 0.6) is 0 Å². The lowest BCUT2D eigenvalue weighted by Gasteiger charge is -2.11. The molecule has 17 heavy (non-hydrogen) atoms. The van der Waals surface area contributed by atoms with Gasteiger partial charge in [0.1, 0.15) is 12.4 Å². The number of ether oxygens (including phenoxy) is 1. The van der Waals surface area contributed by atoms with Crippen LogP contribution in [-0.2, 0) is 9.53 Å². The number of aromatic nitrogens is 2. The molecule has 0 aliphatic rings. The number of carbonyl (C=O) groups is 1. The van der Waals surface area contributed by atoms with E-state index >= 15 is 0 Å². The zero-order chi connectivity index (χ0) is 13.0. The molecule has 1 aromatic rings. The lowest BCUT2D eigenvalue weighted by Crippen LogP contribution is -2.28. The quantitative estimate of drug-likeness (QED) is 0.372. The van der Waals surface area contributed by atoms with Gasteiger partial charge in [-0.3, -0.25) is 10.1 Å². The fraction of sp³-hybridized carbons (Fsp3) is 0.375. The van der Waals surface area contributed by atoms with Crippen molar-refractivity contribution in [2.24, 2.45) is 0 Å². The maximum Gasteiger partial charge on any atom is 0.348 e. The summed E-state index contributed by atoms with van der Waals surface area (Å²) in [6.45, 7) is 1.48. The average Bonchev–Trinajstić information content (AvgIpc) is 2.27. The van der Waals surface area contributed by atoms with Crippen LogP contribution in [0.1, 0.15) is 6.92 Å². The first kappa shape index (κ1) is 13.1. The Morgan fingerprint density at radius 3 is 2.82 bits per heavy atom. The van der Waals surface area contributed by atoms with Crippen molar-refractivity contribution in [2.45, 2.75) is 13.0 Å². The molecule has 1 N–H and O–H groups in total. The summed E-state index contributed by atoms with van der Waals surface area (Å²) in [5.41, 5.74) is -0.482. The Hall–Kier alpha value is -1.96. The van der Waals surface area contributed by atoms with E-state index in [2.05, 4.69) is 20.0 Å². The second-order valence-electron chi connectivity index (χ2n) is 3.01. The molecule has 1 aromatic heterocycles. The van der Waals surface area contributed by atoms with Gasteiger partial charge in [-0.2, -0.15) is 0 Å². The second kappa shape index (κ2) is 5.39. The van der Waals surface area contributed by atoms with Gasteiger partial charge in [-0.05, 0) is 6.92 Å². The standard InChI is InChI=1S/C8H9ClN4O4/c1-4(8(14)17-2)12-7-5(13(15)16)6(9)10-3-11-7/h3-4H,1-2H3,(H,10,11,12)/t4-/m1/s1. The summed E-state index contributed by atoms with van der Waals surface area (Å²) in [5, 5.41) is 13.0. The molecule has 0 spiro atoms. The Labute approximate surface area is 101 Å². The van der Waals surface area contributed by atoms with Crippen LogP contribution in [0.25, 0.3) is 0 Å². The topological polar surface area (TPSA) is 107 Å². The van der Waals surface area contributed by atoms with Gasteiger partial charge in [0.05, 0.1) is 12.0 Å². The van der Waals surface area contributed by atoms with Crippen molar-refractivity contribution in [1.82, 2.24) is 9.97 Å². The number of nitrogens with one attached hydrogen (secondary N) is 1. The van der Waals surface area contributed by atoms with E-state index in [1.54, 1.807) is 0 Å². The van der Waals surface area contributed by atoms with Gasteiger partial charge in [-0.1, -0.05) is 11.6 Å². The van der Waals surface area contributed by atoms with Crippen molar-refractivity contribution >= 4 is 29.1 Å².